The predicted molar refractivity (Wildman–Crippen MR) is 50.4 cm³/mol. The summed E-state index contributed by atoms with van der Waals surface area (Å²) < 4.78 is 2.85. The number of rotatable bonds is 7. The lowest BCUT2D eigenvalue weighted by Gasteiger charge is -1.98. The number of nitrogens with one attached hydrogen (secondary N) is 1. The number of unbranched alkanes of at least 4 members (excludes halogenated alkanes) is 5. The molecule has 62 valence electrons. The van der Waals surface area contributed by atoms with Crippen LogP contribution < -0.4 is 4.72 Å². The Kier molecular flexibility index (Phi) is 9.60. The molecule has 2 heteroatoms. The van der Waals surface area contributed by atoms with E-state index in [4.69, 9.17) is 0 Å². The van der Waals surface area contributed by atoms with Crippen molar-refractivity contribution in [2.24, 2.45) is 0 Å². The van der Waals surface area contributed by atoms with Gasteiger partial charge in [0.05, 0.1) is 0 Å². The van der Waals surface area contributed by atoms with Crippen LogP contribution in [0.1, 0.15) is 45.4 Å². The molecule has 1 nitrogen and oxygen atoms in total. The first-order valence-corrected chi connectivity index (χ1v) is 4.73. The molecule has 0 fully saturated rings. The van der Waals surface area contributed by atoms with E-state index in [1.807, 2.05) is 0 Å². The van der Waals surface area contributed by atoms with Crippen molar-refractivity contribution in [2.75, 3.05) is 6.54 Å². The van der Waals surface area contributed by atoms with E-state index in [0.717, 1.165) is 6.54 Å². The lowest BCUT2D eigenvalue weighted by molar-refractivity contribution is 0.607. The maximum absolute atomic E-state index is 3.91. The van der Waals surface area contributed by atoms with Gasteiger partial charge in [0.2, 0.25) is 0 Å². The number of thiol groups is 1. The Balaban J connectivity index is 2.65. The number of hydrogen-bond acceptors (Lipinski definition) is 2. The van der Waals surface area contributed by atoms with Crippen LogP contribution in [0.3, 0.4) is 0 Å². The highest BCUT2D eigenvalue weighted by atomic mass is 32.1. The van der Waals surface area contributed by atoms with Gasteiger partial charge in [0, 0.05) is 6.54 Å². The second-order valence-corrected chi connectivity index (χ2v) is 2.99. The molecule has 0 rings (SSSR count). The Morgan fingerprint density at radius 2 is 1.60 bits per heavy atom. The van der Waals surface area contributed by atoms with E-state index in [-0.39, 0.29) is 0 Å². The molecule has 0 bridgehead atoms. The molecule has 0 aliphatic rings. The molecule has 0 aromatic carbocycles. The maximum atomic E-state index is 3.91. The summed E-state index contributed by atoms with van der Waals surface area (Å²) in [6.07, 6.45) is 8.16. The third kappa shape index (κ3) is 8.31. The Labute approximate surface area is 70.1 Å². The molecule has 0 aromatic heterocycles. The molecule has 0 heterocycles. The van der Waals surface area contributed by atoms with Gasteiger partial charge in [-0.1, -0.05) is 51.8 Å². The normalized spacial score (nSPS) is 10.2. The highest BCUT2D eigenvalue weighted by Gasteiger charge is 1.87. The second kappa shape index (κ2) is 9.31. The van der Waals surface area contributed by atoms with Gasteiger partial charge in [0.15, 0.2) is 0 Å². The van der Waals surface area contributed by atoms with E-state index in [1.165, 1.54) is 38.5 Å². The zero-order valence-electron chi connectivity index (χ0n) is 6.90. The van der Waals surface area contributed by atoms with Crippen LogP contribution in [0, 0.1) is 0 Å². The third-order valence-corrected chi connectivity index (χ3v) is 1.87. The van der Waals surface area contributed by atoms with Crippen LogP contribution in [0.5, 0.6) is 0 Å². The first kappa shape index (κ1) is 10.3. The van der Waals surface area contributed by atoms with Gasteiger partial charge in [-0.25, -0.2) is 0 Å². The van der Waals surface area contributed by atoms with Crippen LogP contribution in [0.4, 0.5) is 0 Å². The van der Waals surface area contributed by atoms with Gasteiger partial charge >= 0.3 is 0 Å². The van der Waals surface area contributed by atoms with Gasteiger partial charge in [-0.3, -0.25) is 4.72 Å². The predicted octanol–water partition coefficient (Wildman–Crippen LogP) is 2.78. The van der Waals surface area contributed by atoms with E-state index >= 15 is 0 Å². The summed E-state index contributed by atoms with van der Waals surface area (Å²) in [5.74, 6) is 0. The van der Waals surface area contributed by atoms with Gasteiger partial charge < -0.3 is 0 Å². The molecule has 0 atom stereocenters. The Morgan fingerprint density at radius 1 is 1.00 bits per heavy atom. The fourth-order valence-electron chi connectivity index (χ4n) is 0.984. The van der Waals surface area contributed by atoms with Crippen LogP contribution in [0.25, 0.3) is 0 Å². The van der Waals surface area contributed by atoms with Gasteiger partial charge in [-0.15, -0.1) is 0 Å². The zero-order valence-corrected chi connectivity index (χ0v) is 7.79. The standard InChI is InChI=1S/C8H19NS/c1-2-3-4-5-6-7-8-9-10/h9-10H,2-8H2,1H3. The summed E-state index contributed by atoms with van der Waals surface area (Å²) in [6.45, 7) is 3.30. The van der Waals surface area contributed by atoms with E-state index in [0.29, 0.717) is 0 Å². The summed E-state index contributed by atoms with van der Waals surface area (Å²) in [4.78, 5) is 0. The van der Waals surface area contributed by atoms with Crippen LogP contribution in [-0.4, -0.2) is 6.54 Å². The summed E-state index contributed by atoms with van der Waals surface area (Å²) in [6, 6.07) is 0. The zero-order chi connectivity index (χ0) is 7.66. The topological polar surface area (TPSA) is 12.0 Å². The van der Waals surface area contributed by atoms with Crippen molar-refractivity contribution in [2.45, 2.75) is 45.4 Å². The molecule has 0 saturated carbocycles. The minimum absolute atomic E-state index is 1.05. The lowest BCUT2D eigenvalue weighted by Crippen LogP contribution is -1.99. The Bertz CT molecular complexity index is 49.2. The monoisotopic (exact) mass is 161 g/mol. The van der Waals surface area contributed by atoms with E-state index in [9.17, 15) is 0 Å². The Hall–Kier alpha value is 0.310. The SMILES string of the molecule is CCCCCCCCNS. The largest absolute Gasteiger partial charge is 0.267 e. The summed E-state index contributed by atoms with van der Waals surface area (Å²) in [5, 5.41) is 0. The molecule has 1 N–H and O–H groups in total. The molecule has 10 heavy (non-hydrogen) atoms. The van der Waals surface area contributed by atoms with Gasteiger partial charge in [0.1, 0.15) is 0 Å². The lowest BCUT2D eigenvalue weighted by atomic mass is 10.1. The van der Waals surface area contributed by atoms with Crippen molar-refractivity contribution in [3.8, 4) is 0 Å². The van der Waals surface area contributed by atoms with Gasteiger partial charge in [0.25, 0.3) is 0 Å². The summed E-state index contributed by atoms with van der Waals surface area (Å²) in [5.41, 5.74) is 0. The van der Waals surface area contributed by atoms with Crippen molar-refractivity contribution in [1.29, 1.82) is 0 Å². The van der Waals surface area contributed by atoms with Gasteiger partial charge in [-0.2, -0.15) is 0 Å². The van der Waals surface area contributed by atoms with Gasteiger partial charge in [-0.05, 0) is 6.42 Å². The van der Waals surface area contributed by atoms with Crippen molar-refractivity contribution in [1.82, 2.24) is 4.72 Å². The first-order valence-electron chi connectivity index (χ1n) is 4.28. The molecule has 0 radical (unpaired) electrons. The van der Waals surface area contributed by atoms with Crippen LogP contribution in [0.2, 0.25) is 0 Å². The summed E-state index contributed by atoms with van der Waals surface area (Å²) >= 11 is 3.91. The smallest absolute Gasteiger partial charge is 0.00561 e. The fraction of sp³-hybridized carbons (Fsp3) is 1.00. The molecule has 0 aliphatic carbocycles. The molecular weight excluding hydrogens is 142 g/mol. The van der Waals surface area contributed by atoms with Crippen molar-refractivity contribution in [3.63, 3.8) is 0 Å². The Morgan fingerprint density at radius 3 is 2.20 bits per heavy atom. The minimum atomic E-state index is 1.05. The summed E-state index contributed by atoms with van der Waals surface area (Å²) in [7, 11) is 0. The van der Waals surface area contributed by atoms with Crippen molar-refractivity contribution < 1.29 is 0 Å². The average molecular weight is 161 g/mol. The highest BCUT2D eigenvalue weighted by molar-refractivity contribution is 7.78. The molecule has 0 saturated heterocycles. The second-order valence-electron chi connectivity index (χ2n) is 2.68. The first-order chi connectivity index (χ1) is 4.91. The van der Waals surface area contributed by atoms with Crippen LogP contribution in [-0.2, 0) is 0 Å². The highest BCUT2D eigenvalue weighted by Crippen LogP contribution is 2.03. The van der Waals surface area contributed by atoms with E-state index in [1.54, 1.807) is 0 Å². The van der Waals surface area contributed by atoms with Crippen molar-refractivity contribution in [3.05, 3.63) is 0 Å². The molecular formula is C8H19NS. The average Bonchev–Trinajstić information content (AvgIpc) is 1.97. The third-order valence-electron chi connectivity index (χ3n) is 1.64. The molecule has 0 unspecified atom stereocenters. The number of hydrogen-bond donors (Lipinski definition) is 2. The van der Waals surface area contributed by atoms with Crippen molar-refractivity contribution >= 4 is 12.8 Å². The molecule has 0 aliphatic heterocycles. The minimum Gasteiger partial charge on any atom is -0.267 e. The molecule has 0 aromatic rings. The van der Waals surface area contributed by atoms with Crippen LogP contribution in [0.15, 0.2) is 0 Å². The maximum Gasteiger partial charge on any atom is 0.00561 e. The fourth-order valence-corrected chi connectivity index (χ4v) is 1.14. The quantitative estimate of drug-likeness (QED) is 0.432. The van der Waals surface area contributed by atoms with Crippen LogP contribution >= 0.6 is 12.8 Å². The van der Waals surface area contributed by atoms with E-state index < -0.39 is 0 Å². The molecule has 0 amide bonds. The van der Waals surface area contributed by atoms with E-state index in [2.05, 4.69) is 24.5 Å². The molecule has 0 spiro atoms.